The summed E-state index contributed by atoms with van der Waals surface area (Å²) in [6, 6.07) is 3.80. The fraction of sp³-hybridized carbons (Fsp3) is 0.467. The van der Waals surface area contributed by atoms with Crippen molar-refractivity contribution in [3.05, 3.63) is 36.3 Å². The van der Waals surface area contributed by atoms with Crippen molar-refractivity contribution < 1.29 is 9.47 Å². The van der Waals surface area contributed by atoms with E-state index in [1.807, 2.05) is 23.0 Å². The average molecular weight is 290 g/mol. The minimum absolute atomic E-state index is 0.507. The molecule has 114 valence electrons. The second kappa shape index (κ2) is 8.26. The molecule has 2 aromatic heterocycles. The lowest BCUT2D eigenvalue weighted by Gasteiger charge is -2.07. The smallest absolute Gasteiger partial charge is 0.213 e. The molecular formula is C15H22N4O2. The molecule has 0 amide bonds. The molecule has 0 aliphatic heterocycles. The van der Waals surface area contributed by atoms with Crippen LogP contribution in [0.1, 0.15) is 18.9 Å². The topological polar surface area (TPSA) is 61.2 Å². The van der Waals surface area contributed by atoms with Crippen LogP contribution in [0.5, 0.6) is 5.88 Å². The number of anilines is 1. The predicted octanol–water partition coefficient (Wildman–Crippen LogP) is 2.33. The van der Waals surface area contributed by atoms with Crippen LogP contribution in [0, 0.1) is 0 Å². The van der Waals surface area contributed by atoms with Crippen molar-refractivity contribution in [2.24, 2.45) is 0 Å². The lowest BCUT2D eigenvalue weighted by atomic mass is 10.3. The third-order valence-corrected chi connectivity index (χ3v) is 2.91. The molecule has 6 nitrogen and oxygen atoms in total. The number of aromatic nitrogens is 3. The Bertz CT molecular complexity index is 525. The Morgan fingerprint density at radius 3 is 2.86 bits per heavy atom. The lowest BCUT2D eigenvalue weighted by molar-refractivity contribution is 0.144. The molecule has 2 heterocycles. The van der Waals surface area contributed by atoms with Crippen LogP contribution < -0.4 is 10.1 Å². The van der Waals surface area contributed by atoms with Gasteiger partial charge in [0.05, 0.1) is 24.7 Å². The number of ether oxygens (including phenoxy) is 2. The van der Waals surface area contributed by atoms with Crippen LogP contribution in [0.15, 0.2) is 30.7 Å². The second-order valence-corrected chi connectivity index (χ2v) is 4.69. The third-order valence-electron chi connectivity index (χ3n) is 2.91. The van der Waals surface area contributed by atoms with Gasteiger partial charge in [-0.25, -0.2) is 4.98 Å². The standard InChI is InChI=1S/C15H22N4O2/c1-3-6-19-12-13(10-18-19)9-16-14-4-5-15(17-11-14)21-8-7-20-2/h4-5,10-12,16H,3,6-9H2,1-2H3. The van der Waals surface area contributed by atoms with E-state index < -0.39 is 0 Å². The predicted molar refractivity (Wildman–Crippen MR) is 81.5 cm³/mol. The first-order chi connectivity index (χ1) is 10.3. The number of methoxy groups -OCH3 is 1. The average Bonchev–Trinajstić information content (AvgIpc) is 2.95. The maximum absolute atomic E-state index is 5.42. The van der Waals surface area contributed by atoms with E-state index in [1.54, 1.807) is 13.3 Å². The summed E-state index contributed by atoms with van der Waals surface area (Å²) in [5.41, 5.74) is 2.11. The van der Waals surface area contributed by atoms with E-state index in [9.17, 15) is 0 Å². The summed E-state index contributed by atoms with van der Waals surface area (Å²) in [5.74, 6) is 0.605. The van der Waals surface area contributed by atoms with Crippen molar-refractivity contribution >= 4 is 5.69 Å². The fourth-order valence-corrected chi connectivity index (χ4v) is 1.85. The van der Waals surface area contributed by atoms with Crippen LogP contribution >= 0.6 is 0 Å². The summed E-state index contributed by atoms with van der Waals surface area (Å²) >= 11 is 0. The molecule has 0 saturated carbocycles. The van der Waals surface area contributed by atoms with Crippen molar-refractivity contribution in [1.82, 2.24) is 14.8 Å². The minimum atomic E-state index is 0.507. The quantitative estimate of drug-likeness (QED) is 0.718. The number of pyridine rings is 1. The minimum Gasteiger partial charge on any atom is -0.475 e. The molecule has 0 aromatic carbocycles. The molecular weight excluding hydrogens is 268 g/mol. The Hall–Kier alpha value is -2.08. The zero-order valence-corrected chi connectivity index (χ0v) is 12.6. The summed E-state index contributed by atoms with van der Waals surface area (Å²) in [6.45, 7) is 4.89. The molecule has 21 heavy (non-hydrogen) atoms. The van der Waals surface area contributed by atoms with Crippen LogP contribution in [0.25, 0.3) is 0 Å². The molecule has 1 N–H and O–H groups in total. The largest absolute Gasteiger partial charge is 0.475 e. The van der Waals surface area contributed by atoms with Gasteiger partial charge in [0.25, 0.3) is 0 Å². The first-order valence-electron chi connectivity index (χ1n) is 7.15. The Kier molecular flexibility index (Phi) is 6.02. The van der Waals surface area contributed by atoms with Gasteiger partial charge in [-0.05, 0) is 12.5 Å². The number of rotatable bonds is 9. The van der Waals surface area contributed by atoms with Crippen molar-refractivity contribution in [3.63, 3.8) is 0 Å². The van der Waals surface area contributed by atoms with Gasteiger partial charge in [0, 0.05) is 38.0 Å². The summed E-state index contributed by atoms with van der Waals surface area (Å²) in [6.07, 6.45) is 6.80. The van der Waals surface area contributed by atoms with E-state index in [0.29, 0.717) is 19.1 Å². The van der Waals surface area contributed by atoms with Gasteiger partial charge in [-0.1, -0.05) is 6.92 Å². The summed E-state index contributed by atoms with van der Waals surface area (Å²) in [7, 11) is 1.65. The molecule has 2 rings (SSSR count). The number of aryl methyl sites for hydroxylation is 1. The zero-order chi connectivity index (χ0) is 14.9. The normalized spacial score (nSPS) is 10.6. The molecule has 0 spiro atoms. The van der Waals surface area contributed by atoms with E-state index >= 15 is 0 Å². The highest BCUT2D eigenvalue weighted by molar-refractivity contribution is 5.42. The molecule has 0 atom stereocenters. The second-order valence-electron chi connectivity index (χ2n) is 4.69. The molecule has 6 heteroatoms. The van der Waals surface area contributed by atoms with Crippen molar-refractivity contribution in [1.29, 1.82) is 0 Å². The van der Waals surface area contributed by atoms with Gasteiger partial charge >= 0.3 is 0 Å². The van der Waals surface area contributed by atoms with Gasteiger partial charge in [0.15, 0.2) is 0 Å². The van der Waals surface area contributed by atoms with E-state index in [1.165, 1.54) is 0 Å². The van der Waals surface area contributed by atoms with E-state index in [0.717, 1.165) is 30.8 Å². The number of nitrogens with zero attached hydrogens (tertiary/aromatic N) is 3. The molecule has 0 aliphatic rings. The Balaban J connectivity index is 1.79. The molecule has 0 saturated heterocycles. The van der Waals surface area contributed by atoms with Crippen LogP contribution in [-0.2, 0) is 17.8 Å². The summed E-state index contributed by atoms with van der Waals surface area (Å²) < 4.78 is 12.3. The fourth-order valence-electron chi connectivity index (χ4n) is 1.85. The van der Waals surface area contributed by atoms with Gasteiger partial charge in [0.2, 0.25) is 5.88 Å². The molecule has 0 aliphatic carbocycles. The SMILES string of the molecule is CCCn1cc(CNc2ccc(OCCOC)nc2)cn1. The van der Waals surface area contributed by atoms with Gasteiger partial charge in [-0.15, -0.1) is 0 Å². The highest BCUT2D eigenvalue weighted by Gasteiger charge is 2.00. The van der Waals surface area contributed by atoms with Gasteiger partial charge < -0.3 is 14.8 Å². The van der Waals surface area contributed by atoms with Crippen LogP contribution in [-0.4, -0.2) is 35.1 Å². The van der Waals surface area contributed by atoms with Crippen LogP contribution in [0.4, 0.5) is 5.69 Å². The Morgan fingerprint density at radius 1 is 1.24 bits per heavy atom. The highest BCUT2D eigenvalue weighted by Crippen LogP contribution is 2.12. The monoisotopic (exact) mass is 290 g/mol. The molecule has 0 bridgehead atoms. The first kappa shape index (κ1) is 15.3. The maximum atomic E-state index is 5.42. The Morgan fingerprint density at radius 2 is 2.14 bits per heavy atom. The van der Waals surface area contributed by atoms with E-state index in [2.05, 4.69) is 28.5 Å². The Labute approximate surface area is 125 Å². The van der Waals surface area contributed by atoms with Crippen molar-refractivity contribution in [3.8, 4) is 5.88 Å². The van der Waals surface area contributed by atoms with Crippen LogP contribution in [0.2, 0.25) is 0 Å². The van der Waals surface area contributed by atoms with Gasteiger partial charge in [-0.3, -0.25) is 4.68 Å². The number of hydrogen-bond donors (Lipinski definition) is 1. The van der Waals surface area contributed by atoms with E-state index in [-0.39, 0.29) is 0 Å². The van der Waals surface area contributed by atoms with E-state index in [4.69, 9.17) is 9.47 Å². The van der Waals surface area contributed by atoms with Crippen LogP contribution in [0.3, 0.4) is 0 Å². The number of nitrogens with one attached hydrogen (secondary N) is 1. The lowest BCUT2D eigenvalue weighted by Crippen LogP contribution is -2.05. The summed E-state index contributed by atoms with van der Waals surface area (Å²) in [5, 5.41) is 7.62. The first-order valence-corrected chi connectivity index (χ1v) is 7.15. The van der Waals surface area contributed by atoms with Gasteiger partial charge in [0.1, 0.15) is 6.61 Å². The van der Waals surface area contributed by atoms with Crippen molar-refractivity contribution in [2.45, 2.75) is 26.4 Å². The van der Waals surface area contributed by atoms with Crippen molar-refractivity contribution in [2.75, 3.05) is 25.6 Å². The molecule has 2 aromatic rings. The third kappa shape index (κ3) is 5.07. The maximum Gasteiger partial charge on any atom is 0.213 e. The highest BCUT2D eigenvalue weighted by atomic mass is 16.5. The molecule has 0 radical (unpaired) electrons. The number of hydrogen-bond acceptors (Lipinski definition) is 5. The summed E-state index contributed by atoms with van der Waals surface area (Å²) in [4.78, 5) is 4.24. The zero-order valence-electron chi connectivity index (χ0n) is 12.6. The molecule has 0 unspecified atom stereocenters. The molecule has 0 fully saturated rings. The van der Waals surface area contributed by atoms with Gasteiger partial charge in [-0.2, -0.15) is 5.10 Å².